The highest BCUT2D eigenvalue weighted by atomic mass is 19.1. The van der Waals surface area contributed by atoms with Crippen molar-refractivity contribution >= 4 is 22.7 Å². The number of hydrogen-bond donors (Lipinski definition) is 1. The predicted octanol–water partition coefficient (Wildman–Crippen LogP) is 1.70. The van der Waals surface area contributed by atoms with E-state index in [9.17, 15) is 14.0 Å². The lowest BCUT2D eigenvalue weighted by Gasteiger charge is -2.21. The molecule has 1 aromatic carbocycles. The van der Waals surface area contributed by atoms with E-state index in [2.05, 4.69) is 0 Å². The summed E-state index contributed by atoms with van der Waals surface area (Å²) >= 11 is 0. The molecule has 2 atom stereocenters. The SMILES string of the molecule is CCn1cc(C(=O)N2C[C@H](F)C[C@H]2C(N)=O)c2ccccc21. The molecular formula is C16H18FN3O2. The Balaban J connectivity index is 2.04. The number of alkyl halides is 1. The molecule has 22 heavy (non-hydrogen) atoms. The average molecular weight is 303 g/mol. The van der Waals surface area contributed by atoms with Crippen LogP contribution >= 0.6 is 0 Å². The number of benzene rings is 1. The molecule has 0 saturated carbocycles. The Morgan fingerprint density at radius 3 is 2.77 bits per heavy atom. The minimum absolute atomic E-state index is 0.0203. The van der Waals surface area contributed by atoms with Crippen molar-refractivity contribution in [3.8, 4) is 0 Å². The number of carbonyl (C=O) groups excluding carboxylic acids is 2. The Kier molecular flexibility index (Phi) is 3.60. The summed E-state index contributed by atoms with van der Waals surface area (Å²) in [4.78, 5) is 25.5. The maximum Gasteiger partial charge on any atom is 0.256 e. The number of aryl methyl sites for hydroxylation is 1. The molecule has 0 bridgehead atoms. The number of carbonyl (C=O) groups is 2. The number of halogens is 1. The minimum atomic E-state index is -1.21. The number of rotatable bonds is 3. The summed E-state index contributed by atoms with van der Waals surface area (Å²) in [5, 5.41) is 0.805. The molecule has 1 aliphatic rings. The number of fused-ring (bicyclic) bond motifs is 1. The van der Waals surface area contributed by atoms with Crippen LogP contribution in [0.1, 0.15) is 23.7 Å². The monoisotopic (exact) mass is 303 g/mol. The molecule has 2 N–H and O–H groups in total. The van der Waals surface area contributed by atoms with Gasteiger partial charge in [0.05, 0.1) is 12.1 Å². The highest BCUT2D eigenvalue weighted by Gasteiger charge is 2.39. The van der Waals surface area contributed by atoms with Crippen LogP contribution in [-0.2, 0) is 11.3 Å². The van der Waals surface area contributed by atoms with Crippen LogP contribution in [0.15, 0.2) is 30.5 Å². The van der Waals surface area contributed by atoms with Crippen molar-refractivity contribution in [2.45, 2.75) is 32.1 Å². The van der Waals surface area contributed by atoms with Gasteiger partial charge in [0.25, 0.3) is 5.91 Å². The first kappa shape index (κ1) is 14.6. The van der Waals surface area contributed by atoms with E-state index in [-0.39, 0.29) is 18.9 Å². The number of amides is 2. The largest absolute Gasteiger partial charge is 0.368 e. The van der Waals surface area contributed by atoms with Crippen molar-refractivity contribution in [2.24, 2.45) is 5.73 Å². The molecule has 1 saturated heterocycles. The molecule has 1 fully saturated rings. The number of hydrogen-bond acceptors (Lipinski definition) is 2. The van der Waals surface area contributed by atoms with Gasteiger partial charge in [-0.15, -0.1) is 0 Å². The number of nitrogens with zero attached hydrogens (tertiary/aromatic N) is 2. The van der Waals surface area contributed by atoms with Crippen LogP contribution in [0.4, 0.5) is 4.39 Å². The van der Waals surface area contributed by atoms with Gasteiger partial charge in [-0.05, 0) is 13.0 Å². The zero-order valence-corrected chi connectivity index (χ0v) is 12.3. The molecule has 2 amide bonds. The van der Waals surface area contributed by atoms with Crippen molar-refractivity contribution in [3.63, 3.8) is 0 Å². The number of para-hydroxylation sites is 1. The second-order valence-electron chi connectivity index (χ2n) is 5.55. The first-order valence-electron chi connectivity index (χ1n) is 7.35. The summed E-state index contributed by atoms with van der Waals surface area (Å²) in [7, 11) is 0. The Morgan fingerprint density at radius 2 is 2.09 bits per heavy atom. The van der Waals surface area contributed by atoms with E-state index in [0.717, 1.165) is 17.4 Å². The fourth-order valence-electron chi connectivity index (χ4n) is 3.11. The number of nitrogens with two attached hydrogens (primary N) is 1. The van der Waals surface area contributed by atoms with Gasteiger partial charge in [-0.25, -0.2) is 4.39 Å². The van der Waals surface area contributed by atoms with Crippen LogP contribution < -0.4 is 5.73 Å². The summed E-state index contributed by atoms with van der Waals surface area (Å²) in [5.41, 5.74) is 6.73. The molecule has 116 valence electrons. The van der Waals surface area contributed by atoms with E-state index in [0.29, 0.717) is 5.56 Å². The van der Waals surface area contributed by atoms with Gasteiger partial charge < -0.3 is 15.2 Å². The Morgan fingerprint density at radius 1 is 1.36 bits per heavy atom. The summed E-state index contributed by atoms with van der Waals surface area (Å²) in [5.74, 6) is -1.000. The van der Waals surface area contributed by atoms with E-state index in [4.69, 9.17) is 5.73 Å². The zero-order chi connectivity index (χ0) is 15.9. The first-order valence-corrected chi connectivity index (χ1v) is 7.35. The molecule has 0 aliphatic carbocycles. The maximum absolute atomic E-state index is 13.6. The molecule has 5 nitrogen and oxygen atoms in total. The van der Waals surface area contributed by atoms with Crippen LogP contribution in [0.5, 0.6) is 0 Å². The molecule has 1 aromatic heterocycles. The zero-order valence-electron chi connectivity index (χ0n) is 12.3. The highest BCUT2D eigenvalue weighted by molar-refractivity contribution is 6.08. The van der Waals surface area contributed by atoms with Gasteiger partial charge in [0.1, 0.15) is 12.2 Å². The lowest BCUT2D eigenvalue weighted by Crippen LogP contribution is -2.43. The van der Waals surface area contributed by atoms with Gasteiger partial charge in [-0.1, -0.05) is 18.2 Å². The quantitative estimate of drug-likeness (QED) is 0.937. The fraction of sp³-hybridized carbons (Fsp3) is 0.375. The molecule has 2 heterocycles. The molecule has 6 heteroatoms. The highest BCUT2D eigenvalue weighted by Crippen LogP contribution is 2.27. The second-order valence-corrected chi connectivity index (χ2v) is 5.55. The van der Waals surface area contributed by atoms with E-state index < -0.39 is 18.1 Å². The van der Waals surface area contributed by atoms with Gasteiger partial charge in [0, 0.05) is 30.1 Å². The van der Waals surface area contributed by atoms with E-state index >= 15 is 0 Å². The van der Waals surface area contributed by atoms with Gasteiger partial charge in [-0.2, -0.15) is 0 Å². The summed E-state index contributed by atoms with van der Waals surface area (Å²) in [6, 6.07) is 6.68. The standard InChI is InChI=1S/C16H18FN3O2/c1-2-19-9-12(11-5-3-4-6-13(11)19)16(22)20-8-10(17)7-14(20)15(18)21/h3-6,9-10,14H,2,7-8H2,1H3,(H2,18,21)/t10-,14+/m1/s1. The van der Waals surface area contributed by atoms with Crippen LogP contribution in [0.3, 0.4) is 0 Å². The van der Waals surface area contributed by atoms with E-state index in [1.807, 2.05) is 35.8 Å². The molecule has 2 aromatic rings. The first-order chi connectivity index (χ1) is 10.5. The van der Waals surface area contributed by atoms with E-state index in [1.165, 1.54) is 4.90 Å². The minimum Gasteiger partial charge on any atom is -0.368 e. The smallest absolute Gasteiger partial charge is 0.256 e. The van der Waals surface area contributed by atoms with Crippen LogP contribution in [-0.4, -0.2) is 40.0 Å². The van der Waals surface area contributed by atoms with Crippen molar-refractivity contribution in [2.75, 3.05) is 6.54 Å². The lowest BCUT2D eigenvalue weighted by atomic mass is 10.1. The number of primary amides is 1. The van der Waals surface area contributed by atoms with Gasteiger partial charge in [0.15, 0.2) is 0 Å². The predicted molar refractivity (Wildman–Crippen MR) is 81.1 cm³/mol. The number of likely N-dealkylation sites (tertiary alicyclic amines) is 1. The molecule has 0 radical (unpaired) electrons. The molecule has 0 spiro atoms. The van der Waals surface area contributed by atoms with Crippen molar-refractivity contribution in [1.82, 2.24) is 9.47 Å². The third-order valence-electron chi connectivity index (χ3n) is 4.20. The van der Waals surface area contributed by atoms with Crippen LogP contribution in [0.2, 0.25) is 0 Å². The molecule has 0 unspecified atom stereocenters. The fourth-order valence-corrected chi connectivity index (χ4v) is 3.11. The molecule has 1 aliphatic heterocycles. The van der Waals surface area contributed by atoms with Crippen LogP contribution in [0, 0.1) is 0 Å². The lowest BCUT2D eigenvalue weighted by molar-refractivity contribution is -0.121. The van der Waals surface area contributed by atoms with Gasteiger partial charge >= 0.3 is 0 Å². The molecular weight excluding hydrogens is 285 g/mol. The molecule has 3 rings (SSSR count). The van der Waals surface area contributed by atoms with Crippen molar-refractivity contribution in [3.05, 3.63) is 36.0 Å². The van der Waals surface area contributed by atoms with Gasteiger partial charge in [0.2, 0.25) is 5.91 Å². The summed E-state index contributed by atoms with van der Waals surface area (Å²) in [6.07, 6.45) is 0.533. The van der Waals surface area contributed by atoms with E-state index in [1.54, 1.807) is 6.20 Å². The van der Waals surface area contributed by atoms with Crippen molar-refractivity contribution < 1.29 is 14.0 Å². The maximum atomic E-state index is 13.6. The summed E-state index contributed by atoms with van der Waals surface area (Å²) in [6.45, 7) is 2.62. The number of aromatic nitrogens is 1. The third-order valence-corrected chi connectivity index (χ3v) is 4.20. The Bertz CT molecular complexity index is 740. The second kappa shape index (κ2) is 5.44. The summed E-state index contributed by atoms with van der Waals surface area (Å²) < 4.78 is 15.6. The average Bonchev–Trinajstić information content (AvgIpc) is 3.07. The van der Waals surface area contributed by atoms with Crippen LogP contribution in [0.25, 0.3) is 10.9 Å². The Hall–Kier alpha value is -2.37. The Labute approximate surface area is 127 Å². The normalized spacial score (nSPS) is 21.5. The van der Waals surface area contributed by atoms with Gasteiger partial charge in [-0.3, -0.25) is 9.59 Å². The van der Waals surface area contributed by atoms with Crippen molar-refractivity contribution in [1.29, 1.82) is 0 Å². The topological polar surface area (TPSA) is 68.3 Å². The third kappa shape index (κ3) is 2.24.